The molecule has 0 aliphatic carbocycles. The number of rotatable bonds is 6. The fourth-order valence-electron chi connectivity index (χ4n) is 2.22. The fourth-order valence-corrected chi connectivity index (χ4v) is 2.22. The van der Waals surface area contributed by atoms with Gasteiger partial charge in [-0.3, -0.25) is 4.79 Å². The summed E-state index contributed by atoms with van der Waals surface area (Å²) in [7, 11) is 0. The van der Waals surface area contributed by atoms with Crippen LogP contribution in [0.4, 0.5) is 0 Å². The summed E-state index contributed by atoms with van der Waals surface area (Å²) >= 11 is 0. The SMILES string of the molecule is CCCCC/C=C\C=C\C(=O)N1CCCCCC1. The molecule has 0 saturated carbocycles. The zero-order valence-corrected chi connectivity index (χ0v) is 11.7. The summed E-state index contributed by atoms with van der Waals surface area (Å²) in [6.45, 7) is 4.08. The van der Waals surface area contributed by atoms with Crippen molar-refractivity contribution < 1.29 is 4.79 Å². The standard InChI is InChI=1S/C16H27NO/c1-2-3-4-5-6-7-10-13-16(18)17-14-11-8-9-12-15-17/h6-7,10,13H,2-5,8-9,11-12,14-15H2,1H3/b7-6-,13-10+. The minimum atomic E-state index is 0.176. The van der Waals surface area contributed by atoms with Gasteiger partial charge < -0.3 is 4.90 Å². The Balaban J connectivity index is 2.21. The predicted molar refractivity (Wildman–Crippen MR) is 77.5 cm³/mol. The topological polar surface area (TPSA) is 20.3 Å². The van der Waals surface area contributed by atoms with E-state index >= 15 is 0 Å². The van der Waals surface area contributed by atoms with Crippen molar-refractivity contribution in [1.82, 2.24) is 4.90 Å². The van der Waals surface area contributed by atoms with Crippen LogP contribution >= 0.6 is 0 Å². The van der Waals surface area contributed by atoms with Gasteiger partial charge in [-0.2, -0.15) is 0 Å². The molecule has 1 rings (SSSR count). The molecule has 2 nitrogen and oxygen atoms in total. The van der Waals surface area contributed by atoms with Crippen LogP contribution in [0.2, 0.25) is 0 Å². The van der Waals surface area contributed by atoms with Gasteiger partial charge in [-0.15, -0.1) is 0 Å². The lowest BCUT2D eigenvalue weighted by atomic mass is 10.2. The average Bonchev–Trinajstić information content (AvgIpc) is 2.66. The van der Waals surface area contributed by atoms with Crippen molar-refractivity contribution >= 4 is 5.91 Å². The molecule has 0 bridgehead atoms. The molecule has 0 atom stereocenters. The van der Waals surface area contributed by atoms with Gasteiger partial charge in [0.1, 0.15) is 0 Å². The van der Waals surface area contributed by atoms with Crippen LogP contribution in [0.5, 0.6) is 0 Å². The van der Waals surface area contributed by atoms with Gasteiger partial charge in [-0.1, -0.05) is 50.8 Å². The van der Waals surface area contributed by atoms with E-state index in [0.29, 0.717) is 0 Å². The predicted octanol–water partition coefficient (Wildman–Crippen LogP) is 4.08. The van der Waals surface area contributed by atoms with Gasteiger partial charge in [0, 0.05) is 19.2 Å². The molecule has 1 aliphatic heterocycles. The Bertz CT molecular complexity index is 273. The van der Waals surface area contributed by atoms with Crippen LogP contribution in [0.25, 0.3) is 0 Å². The van der Waals surface area contributed by atoms with Crippen LogP contribution in [-0.2, 0) is 4.79 Å². The molecule has 18 heavy (non-hydrogen) atoms. The first-order chi connectivity index (χ1) is 8.84. The van der Waals surface area contributed by atoms with E-state index in [9.17, 15) is 4.79 Å². The number of hydrogen-bond donors (Lipinski definition) is 0. The van der Waals surface area contributed by atoms with Gasteiger partial charge >= 0.3 is 0 Å². The summed E-state index contributed by atoms with van der Waals surface area (Å²) in [5, 5.41) is 0. The highest BCUT2D eigenvalue weighted by atomic mass is 16.2. The van der Waals surface area contributed by atoms with Crippen LogP contribution in [0.15, 0.2) is 24.3 Å². The largest absolute Gasteiger partial charge is 0.339 e. The van der Waals surface area contributed by atoms with E-state index in [-0.39, 0.29) is 5.91 Å². The quantitative estimate of drug-likeness (QED) is 0.394. The van der Waals surface area contributed by atoms with Gasteiger partial charge in [0.05, 0.1) is 0 Å². The zero-order valence-electron chi connectivity index (χ0n) is 11.7. The number of allylic oxidation sites excluding steroid dienone is 3. The summed E-state index contributed by atoms with van der Waals surface area (Å²) in [6, 6.07) is 0. The Morgan fingerprint density at radius 3 is 2.44 bits per heavy atom. The molecule has 102 valence electrons. The van der Waals surface area contributed by atoms with Crippen molar-refractivity contribution in [3.8, 4) is 0 Å². The van der Waals surface area contributed by atoms with E-state index in [1.165, 1.54) is 32.1 Å². The third kappa shape index (κ3) is 6.63. The van der Waals surface area contributed by atoms with Crippen molar-refractivity contribution in [2.75, 3.05) is 13.1 Å². The molecule has 1 heterocycles. The number of carbonyl (C=O) groups excluding carboxylic acids is 1. The number of amides is 1. The van der Waals surface area contributed by atoms with Crippen LogP contribution < -0.4 is 0 Å². The summed E-state index contributed by atoms with van der Waals surface area (Å²) in [5.41, 5.74) is 0. The van der Waals surface area contributed by atoms with E-state index in [1.54, 1.807) is 6.08 Å². The molecule has 0 N–H and O–H groups in total. The Labute approximate surface area is 112 Å². The molecule has 0 aromatic carbocycles. The van der Waals surface area contributed by atoms with Crippen molar-refractivity contribution in [3.63, 3.8) is 0 Å². The third-order valence-electron chi connectivity index (χ3n) is 3.38. The molecule has 0 unspecified atom stereocenters. The smallest absolute Gasteiger partial charge is 0.246 e. The lowest BCUT2D eigenvalue weighted by molar-refractivity contribution is -0.125. The first-order valence-corrected chi connectivity index (χ1v) is 7.46. The average molecular weight is 249 g/mol. The second-order valence-electron chi connectivity index (χ2n) is 5.02. The van der Waals surface area contributed by atoms with Gasteiger partial charge in [0.25, 0.3) is 0 Å². The first kappa shape index (κ1) is 15.0. The van der Waals surface area contributed by atoms with Crippen LogP contribution in [0.3, 0.4) is 0 Å². The highest BCUT2D eigenvalue weighted by Gasteiger charge is 2.11. The molecule has 1 saturated heterocycles. The monoisotopic (exact) mass is 249 g/mol. The summed E-state index contributed by atoms with van der Waals surface area (Å²) in [5.74, 6) is 0.176. The maximum atomic E-state index is 11.9. The van der Waals surface area contributed by atoms with Gasteiger partial charge in [-0.05, 0) is 25.7 Å². The second-order valence-corrected chi connectivity index (χ2v) is 5.02. The molecular weight excluding hydrogens is 222 g/mol. The summed E-state index contributed by atoms with van der Waals surface area (Å²) < 4.78 is 0. The molecule has 0 aromatic heterocycles. The lowest BCUT2D eigenvalue weighted by Crippen LogP contribution is -2.30. The van der Waals surface area contributed by atoms with E-state index in [4.69, 9.17) is 0 Å². The van der Waals surface area contributed by atoms with E-state index in [1.807, 2.05) is 17.1 Å². The Kier molecular flexibility index (Phi) is 8.28. The van der Waals surface area contributed by atoms with Gasteiger partial charge in [0.2, 0.25) is 5.91 Å². The highest BCUT2D eigenvalue weighted by molar-refractivity contribution is 5.87. The molecule has 2 heteroatoms. The lowest BCUT2D eigenvalue weighted by Gasteiger charge is -2.17. The van der Waals surface area contributed by atoms with Crippen LogP contribution in [0.1, 0.15) is 58.3 Å². The minimum Gasteiger partial charge on any atom is -0.339 e. The van der Waals surface area contributed by atoms with Gasteiger partial charge in [-0.25, -0.2) is 0 Å². The van der Waals surface area contributed by atoms with Crippen molar-refractivity contribution in [3.05, 3.63) is 24.3 Å². The normalized spacial score (nSPS) is 17.5. The maximum absolute atomic E-state index is 11.9. The van der Waals surface area contributed by atoms with Crippen molar-refractivity contribution in [2.45, 2.75) is 58.3 Å². The number of hydrogen-bond acceptors (Lipinski definition) is 1. The Hall–Kier alpha value is -1.05. The van der Waals surface area contributed by atoms with Crippen LogP contribution in [-0.4, -0.2) is 23.9 Å². The number of carbonyl (C=O) groups is 1. The van der Waals surface area contributed by atoms with Crippen LogP contribution in [0, 0.1) is 0 Å². The summed E-state index contributed by atoms with van der Waals surface area (Å²) in [4.78, 5) is 13.9. The third-order valence-corrected chi connectivity index (χ3v) is 3.38. The Morgan fingerprint density at radius 2 is 1.78 bits per heavy atom. The molecule has 0 aromatic rings. The van der Waals surface area contributed by atoms with E-state index in [2.05, 4.69) is 13.0 Å². The highest BCUT2D eigenvalue weighted by Crippen LogP contribution is 2.09. The molecule has 0 spiro atoms. The minimum absolute atomic E-state index is 0.176. The maximum Gasteiger partial charge on any atom is 0.246 e. The van der Waals surface area contributed by atoms with Gasteiger partial charge in [0.15, 0.2) is 0 Å². The first-order valence-electron chi connectivity index (χ1n) is 7.46. The molecule has 1 aliphatic rings. The molecular formula is C16H27NO. The number of likely N-dealkylation sites (tertiary alicyclic amines) is 1. The Morgan fingerprint density at radius 1 is 1.06 bits per heavy atom. The number of unbranched alkanes of at least 4 members (excludes halogenated alkanes) is 3. The van der Waals surface area contributed by atoms with Crippen molar-refractivity contribution in [2.24, 2.45) is 0 Å². The van der Waals surface area contributed by atoms with Crippen molar-refractivity contribution in [1.29, 1.82) is 0 Å². The summed E-state index contributed by atoms with van der Waals surface area (Å²) in [6.07, 6.45) is 17.5. The second kappa shape index (κ2) is 9.93. The zero-order chi connectivity index (χ0) is 13.1. The van der Waals surface area contributed by atoms with E-state index in [0.717, 1.165) is 32.4 Å². The number of nitrogens with zero attached hydrogens (tertiary/aromatic N) is 1. The molecule has 1 amide bonds. The molecule has 0 radical (unpaired) electrons. The van der Waals surface area contributed by atoms with E-state index < -0.39 is 0 Å². The fraction of sp³-hybridized carbons (Fsp3) is 0.688. The molecule has 1 fully saturated rings.